The van der Waals surface area contributed by atoms with Gasteiger partial charge in [0.1, 0.15) is 0 Å². The SMILES string of the molecule is CC[CH]=[Rh]=[CH]CC. The summed E-state index contributed by atoms with van der Waals surface area (Å²) in [5.74, 6) is 0. The van der Waals surface area contributed by atoms with Crippen LogP contribution >= 0.6 is 0 Å². The summed E-state index contributed by atoms with van der Waals surface area (Å²) in [7, 11) is 0. The first kappa shape index (κ1) is 7.36. The minimum absolute atomic E-state index is 0.670. The molecule has 0 aliphatic heterocycles. The van der Waals surface area contributed by atoms with E-state index in [0.717, 1.165) is 0 Å². The first-order valence-corrected chi connectivity index (χ1v) is 4.51. The van der Waals surface area contributed by atoms with E-state index in [1.54, 1.807) is 0 Å². The van der Waals surface area contributed by atoms with Crippen LogP contribution in [0.4, 0.5) is 0 Å². The molecule has 0 radical (unpaired) electrons. The summed E-state index contributed by atoms with van der Waals surface area (Å²) in [6.07, 6.45) is 2.47. The van der Waals surface area contributed by atoms with Gasteiger partial charge in [0.05, 0.1) is 0 Å². The van der Waals surface area contributed by atoms with E-state index in [0.29, 0.717) is 16.2 Å². The van der Waals surface area contributed by atoms with E-state index in [-0.39, 0.29) is 0 Å². The number of hydrogen-bond acceptors (Lipinski definition) is 0. The van der Waals surface area contributed by atoms with E-state index in [4.69, 9.17) is 0 Å². The van der Waals surface area contributed by atoms with Gasteiger partial charge >= 0.3 is 52.1 Å². The van der Waals surface area contributed by atoms with E-state index in [9.17, 15) is 0 Å². The van der Waals surface area contributed by atoms with Crippen molar-refractivity contribution in [2.45, 2.75) is 26.7 Å². The van der Waals surface area contributed by atoms with Crippen LogP contribution < -0.4 is 0 Å². The molecule has 0 aliphatic carbocycles. The van der Waals surface area contributed by atoms with Crippen molar-refractivity contribution in [3.8, 4) is 0 Å². The van der Waals surface area contributed by atoms with E-state index >= 15 is 0 Å². The van der Waals surface area contributed by atoms with Crippen molar-refractivity contribution < 1.29 is 16.2 Å². The second kappa shape index (κ2) is 6.36. The standard InChI is InChI=1S/2C3H6.Rh/c2*1-3-2;/h2*1H,3H2,2H3;. The summed E-state index contributed by atoms with van der Waals surface area (Å²) in [4.78, 5) is 0. The molecule has 0 amide bonds. The van der Waals surface area contributed by atoms with Crippen LogP contribution in [-0.2, 0) is 16.2 Å². The maximum atomic E-state index is 2.35. The summed E-state index contributed by atoms with van der Waals surface area (Å²) >= 11 is 0.670. The molecule has 0 fully saturated rings. The average molecular weight is 187 g/mol. The molecule has 0 aromatic rings. The van der Waals surface area contributed by atoms with Crippen molar-refractivity contribution in [1.29, 1.82) is 0 Å². The Kier molecular flexibility index (Phi) is 6.69. The molecule has 0 aliphatic rings. The average Bonchev–Trinajstić information content (AvgIpc) is 1.69. The van der Waals surface area contributed by atoms with Gasteiger partial charge < -0.3 is 0 Å². The third-order valence-corrected chi connectivity index (χ3v) is 2.54. The molecule has 0 saturated heterocycles. The van der Waals surface area contributed by atoms with Crippen LogP contribution in [0.3, 0.4) is 0 Å². The van der Waals surface area contributed by atoms with Crippen LogP contribution in [0.15, 0.2) is 0 Å². The molecule has 0 atom stereocenters. The molecular weight excluding hydrogens is 175 g/mol. The van der Waals surface area contributed by atoms with Gasteiger partial charge in [-0.2, -0.15) is 0 Å². The van der Waals surface area contributed by atoms with Crippen LogP contribution in [0, 0.1) is 0 Å². The topological polar surface area (TPSA) is 0 Å². The Hall–Kier alpha value is 0.363. The molecule has 1 heteroatoms. The monoisotopic (exact) mass is 187 g/mol. The fourth-order valence-electron chi connectivity index (χ4n) is 0.213. The first-order chi connectivity index (χ1) is 3.41. The second-order valence-electron chi connectivity index (χ2n) is 1.20. The van der Waals surface area contributed by atoms with Crippen molar-refractivity contribution in [1.82, 2.24) is 0 Å². The molecule has 0 bridgehead atoms. The zero-order valence-corrected chi connectivity index (χ0v) is 6.54. The minimum atomic E-state index is 0.670. The molecule has 0 N–H and O–H groups in total. The van der Waals surface area contributed by atoms with E-state index < -0.39 is 0 Å². The second-order valence-corrected chi connectivity index (χ2v) is 3.08. The molecular formula is C6H12Rh. The van der Waals surface area contributed by atoms with Crippen molar-refractivity contribution in [3.63, 3.8) is 0 Å². The summed E-state index contributed by atoms with van der Waals surface area (Å²) in [6, 6.07) is 0. The fourth-order valence-corrected chi connectivity index (χ4v) is 1.26. The molecule has 0 rings (SSSR count). The van der Waals surface area contributed by atoms with Crippen LogP contribution in [0.5, 0.6) is 0 Å². The van der Waals surface area contributed by atoms with Gasteiger partial charge in [0.25, 0.3) is 0 Å². The van der Waals surface area contributed by atoms with Crippen LogP contribution in [0.1, 0.15) is 26.7 Å². The Labute approximate surface area is 52.6 Å². The van der Waals surface area contributed by atoms with Gasteiger partial charge in [-0.3, -0.25) is 0 Å². The summed E-state index contributed by atoms with van der Waals surface area (Å²) in [5, 5.41) is 0. The molecule has 0 unspecified atom stereocenters. The van der Waals surface area contributed by atoms with Crippen molar-refractivity contribution in [2.24, 2.45) is 0 Å². The van der Waals surface area contributed by atoms with Crippen molar-refractivity contribution >= 4 is 9.22 Å². The Morgan fingerprint density at radius 1 is 1.14 bits per heavy atom. The van der Waals surface area contributed by atoms with Crippen molar-refractivity contribution in [2.75, 3.05) is 0 Å². The molecule has 7 heavy (non-hydrogen) atoms. The zero-order chi connectivity index (χ0) is 5.54. The van der Waals surface area contributed by atoms with E-state index in [1.165, 1.54) is 12.8 Å². The predicted molar refractivity (Wildman–Crippen MR) is 32.7 cm³/mol. The molecule has 0 heterocycles. The summed E-state index contributed by atoms with van der Waals surface area (Å²) in [6.45, 7) is 4.38. The number of rotatable bonds is 2. The quantitative estimate of drug-likeness (QED) is 0.574. The van der Waals surface area contributed by atoms with Crippen LogP contribution in [0.2, 0.25) is 0 Å². The zero-order valence-electron chi connectivity index (χ0n) is 4.90. The van der Waals surface area contributed by atoms with Gasteiger partial charge in [0.15, 0.2) is 0 Å². The van der Waals surface area contributed by atoms with Gasteiger partial charge in [0, 0.05) is 0 Å². The van der Waals surface area contributed by atoms with E-state index in [1.807, 2.05) is 0 Å². The molecule has 0 aromatic heterocycles. The molecule has 45 valence electrons. The molecule has 0 spiro atoms. The first-order valence-electron chi connectivity index (χ1n) is 2.62. The van der Waals surface area contributed by atoms with Gasteiger partial charge in [0.2, 0.25) is 0 Å². The summed E-state index contributed by atoms with van der Waals surface area (Å²) < 4.78 is 4.70. The Bertz CT molecular complexity index is 70.2. The third kappa shape index (κ3) is 6.36. The maximum absolute atomic E-state index is 2.35. The van der Waals surface area contributed by atoms with Crippen LogP contribution in [0.25, 0.3) is 0 Å². The normalized spacial score (nSPS) is 8.29. The Morgan fingerprint density at radius 3 is 1.86 bits per heavy atom. The fraction of sp³-hybridized carbons (Fsp3) is 0.667. The Morgan fingerprint density at radius 2 is 1.57 bits per heavy atom. The van der Waals surface area contributed by atoms with E-state index in [2.05, 4.69) is 23.1 Å². The summed E-state index contributed by atoms with van der Waals surface area (Å²) in [5.41, 5.74) is 0. The van der Waals surface area contributed by atoms with Gasteiger partial charge in [-0.15, -0.1) is 0 Å². The molecule has 0 aromatic carbocycles. The molecule has 0 nitrogen and oxygen atoms in total. The molecule has 0 saturated carbocycles. The van der Waals surface area contributed by atoms with Gasteiger partial charge in [-0.1, -0.05) is 0 Å². The van der Waals surface area contributed by atoms with Crippen molar-refractivity contribution in [3.05, 3.63) is 0 Å². The van der Waals surface area contributed by atoms with Crippen LogP contribution in [-0.4, -0.2) is 9.22 Å². The number of hydrogen-bond donors (Lipinski definition) is 0. The van der Waals surface area contributed by atoms with Gasteiger partial charge in [-0.05, 0) is 0 Å². The predicted octanol–water partition coefficient (Wildman–Crippen LogP) is 1.49. The third-order valence-electron chi connectivity index (χ3n) is 0.429. The Balaban J connectivity index is 3.21. The van der Waals surface area contributed by atoms with Gasteiger partial charge in [-0.25, -0.2) is 0 Å².